The first-order chi connectivity index (χ1) is 8.06. The molecule has 88 valence electrons. The fourth-order valence-corrected chi connectivity index (χ4v) is 2.09. The van der Waals surface area contributed by atoms with Crippen molar-refractivity contribution >= 4 is 27.5 Å². The zero-order chi connectivity index (χ0) is 12.4. The van der Waals surface area contributed by atoms with Crippen LogP contribution in [-0.4, -0.2) is 15.5 Å². The molecule has 1 N–H and O–H groups in total. The molecule has 0 aliphatic rings. The second-order valence-corrected chi connectivity index (χ2v) is 4.71. The number of aryl methyl sites for hydroxylation is 2. The first-order valence-electron chi connectivity index (χ1n) is 5.12. The van der Waals surface area contributed by atoms with Gasteiger partial charge in [0.05, 0.1) is 0 Å². The minimum Gasteiger partial charge on any atom is -0.345 e. The number of halogens is 1. The summed E-state index contributed by atoms with van der Waals surface area (Å²) in [6, 6.07) is 5.38. The second-order valence-electron chi connectivity index (χ2n) is 3.79. The molecule has 0 unspecified atom stereocenters. The Morgan fingerprint density at radius 1 is 1.47 bits per heavy atom. The summed E-state index contributed by atoms with van der Waals surface area (Å²) in [5.74, 6) is -0.135. The van der Waals surface area contributed by atoms with Gasteiger partial charge in [-0.05, 0) is 41.1 Å². The second kappa shape index (κ2) is 4.71. The summed E-state index contributed by atoms with van der Waals surface area (Å²) in [6.07, 6.45) is 3.51. The molecule has 2 heterocycles. The summed E-state index contributed by atoms with van der Waals surface area (Å²) in [5, 5.41) is 2.83. The van der Waals surface area contributed by atoms with Crippen molar-refractivity contribution in [3.8, 4) is 0 Å². The zero-order valence-corrected chi connectivity index (χ0v) is 11.2. The molecule has 0 bridgehead atoms. The van der Waals surface area contributed by atoms with Crippen LogP contribution >= 0.6 is 15.9 Å². The van der Waals surface area contributed by atoms with Crippen molar-refractivity contribution < 1.29 is 4.79 Å². The number of rotatable bonds is 2. The van der Waals surface area contributed by atoms with Gasteiger partial charge in [0.2, 0.25) is 0 Å². The van der Waals surface area contributed by atoms with Crippen molar-refractivity contribution in [3.63, 3.8) is 0 Å². The number of hydrogen-bond acceptors (Lipinski definition) is 2. The van der Waals surface area contributed by atoms with Crippen LogP contribution in [-0.2, 0) is 7.05 Å². The van der Waals surface area contributed by atoms with Gasteiger partial charge in [0.25, 0.3) is 5.91 Å². The van der Waals surface area contributed by atoms with E-state index in [4.69, 9.17) is 0 Å². The minimum atomic E-state index is -0.135. The van der Waals surface area contributed by atoms with Crippen LogP contribution in [0.5, 0.6) is 0 Å². The molecule has 0 saturated carbocycles. The van der Waals surface area contributed by atoms with Crippen LogP contribution in [0.25, 0.3) is 0 Å². The first-order valence-corrected chi connectivity index (χ1v) is 5.91. The molecule has 0 radical (unpaired) electrons. The molecule has 0 aromatic carbocycles. The smallest absolute Gasteiger partial charge is 0.272 e. The molecule has 0 aliphatic heterocycles. The van der Waals surface area contributed by atoms with E-state index in [-0.39, 0.29) is 5.91 Å². The summed E-state index contributed by atoms with van der Waals surface area (Å²) < 4.78 is 2.66. The van der Waals surface area contributed by atoms with Crippen LogP contribution in [0.2, 0.25) is 0 Å². The lowest BCUT2D eigenvalue weighted by Gasteiger charge is -2.06. The van der Waals surface area contributed by atoms with E-state index in [1.54, 1.807) is 22.9 Å². The Morgan fingerprint density at radius 3 is 2.82 bits per heavy atom. The number of aromatic nitrogens is 2. The normalized spacial score (nSPS) is 10.3. The van der Waals surface area contributed by atoms with Crippen molar-refractivity contribution in [2.24, 2.45) is 7.05 Å². The van der Waals surface area contributed by atoms with Gasteiger partial charge in [0.1, 0.15) is 5.69 Å². The summed E-state index contributed by atoms with van der Waals surface area (Å²) in [6.45, 7) is 1.88. The Balaban J connectivity index is 2.20. The van der Waals surface area contributed by atoms with E-state index in [9.17, 15) is 4.79 Å². The van der Waals surface area contributed by atoms with E-state index in [0.29, 0.717) is 5.69 Å². The van der Waals surface area contributed by atoms with Crippen LogP contribution in [0.3, 0.4) is 0 Å². The van der Waals surface area contributed by atoms with Crippen LogP contribution in [0.1, 0.15) is 16.2 Å². The maximum atomic E-state index is 12.0. The minimum absolute atomic E-state index is 0.135. The van der Waals surface area contributed by atoms with Crippen molar-refractivity contribution in [2.45, 2.75) is 6.92 Å². The molecule has 17 heavy (non-hydrogen) atoms. The fraction of sp³-hybridized carbons (Fsp3) is 0.167. The maximum Gasteiger partial charge on any atom is 0.272 e. The molecule has 4 nitrogen and oxygen atoms in total. The van der Waals surface area contributed by atoms with Crippen molar-refractivity contribution in [1.82, 2.24) is 9.55 Å². The largest absolute Gasteiger partial charge is 0.345 e. The predicted octanol–water partition coefficient (Wildman–Crippen LogP) is 2.74. The topological polar surface area (TPSA) is 46.9 Å². The van der Waals surface area contributed by atoms with Gasteiger partial charge in [0.15, 0.2) is 0 Å². The summed E-state index contributed by atoms with van der Waals surface area (Å²) in [5.41, 5.74) is 2.22. The average molecular weight is 294 g/mol. The molecule has 0 spiro atoms. The Bertz CT molecular complexity index is 563. The summed E-state index contributed by atoms with van der Waals surface area (Å²) in [7, 11) is 1.83. The number of hydrogen-bond donors (Lipinski definition) is 1. The van der Waals surface area contributed by atoms with Crippen molar-refractivity contribution in [3.05, 3.63) is 46.5 Å². The highest BCUT2D eigenvalue weighted by molar-refractivity contribution is 9.10. The molecule has 0 atom stereocenters. The molecule has 2 rings (SSSR count). The molecule has 2 aromatic heterocycles. The van der Waals surface area contributed by atoms with Crippen molar-refractivity contribution in [1.29, 1.82) is 0 Å². The molecular weight excluding hydrogens is 282 g/mol. The molecular formula is C12H12BrN3O. The fourth-order valence-electron chi connectivity index (χ4n) is 1.57. The van der Waals surface area contributed by atoms with Gasteiger partial charge in [-0.25, -0.2) is 0 Å². The highest BCUT2D eigenvalue weighted by Gasteiger charge is 2.11. The van der Waals surface area contributed by atoms with E-state index in [1.165, 1.54) is 0 Å². The molecule has 2 aromatic rings. The Kier molecular flexibility index (Phi) is 3.28. The van der Waals surface area contributed by atoms with E-state index in [2.05, 4.69) is 26.2 Å². The van der Waals surface area contributed by atoms with E-state index < -0.39 is 0 Å². The lowest BCUT2D eigenvalue weighted by atomic mass is 10.3. The number of carbonyl (C=O) groups is 1. The van der Waals surface area contributed by atoms with E-state index in [1.807, 2.05) is 26.2 Å². The van der Waals surface area contributed by atoms with Crippen LogP contribution < -0.4 is 5.32 Å². The monoisotopic (exact) mass is 293 g/mol. The first kappa shape index (κ1) is 11.9. The van der Waals surface area contributed by atoms with Crippen LogP contribution in [0, 0.1) is 6.92 Å². The third kappa shape index (κ3) is 2.74. The Hall–Kier alpha value is -1.62. The highest BCUT2D eigenvalue weighted by atomic mass is 79.9. The SMILES string of the molecule is Cc1cc(NC(=O)c2cc(Br)cn2C)ccn1. The summed E-state index contributed by atoms with van der Waals surface area (Å²) >= 11 is 3.34. The molecule has 0 aliphatic carbocycles. The van der Waals surface area contributed by atoms with Gasteiger partial charge in [-0.3, -0.25) is 9.78 Å². The molecule has 0 saturated heterocycles. The van der Waals surface area contributed by atoms with Gasteiger partial charge in [0, 0.05) is 35.3 Å². The standard InChI is InChI=1S/C12H12BrN3O/c1-8-5-10(3-4-14-8)15-12(17)11-6-9(13)7-16(11)2/h3-7H,1-2H3,(H,14,15,17). The highest BCUT2D eigenvalue weighted by Crippen LogP contribution is 2.15. The Labute approximate surface area is 108 Å². The van der Waals surface area contributed by atoms with Crippen LogP contribution in [0.15, 0.2) is 35.1 Å². The quantitative estimate of drug-likeness (QED) is 0.925. The maximum absolute atomic E-state index is 12.0. The Morgan fingerprint density at radius 2 is 2.24 bits per heavy atom. The lowest BCUT2D eigenvalue weighted by molar-refractivity contribution is 0.101. The van der Waals surface area contributed by atoms with E-state index in [0.717, 1.165) is 15.9 Å². The third-order valence-corrected chi connectivity index (χ3v) is 2.79. The van der Waals surface area contributed by atoms with Crippen LogP contribution in [0.4, 0.5) is 5.69 Å². The van der Waals surface area contributed by atoms with Gasteiger partial charge in [-0.1, -0.05) is 0 Å². The number of nitrogens with one attached hydrogen (secondary N) is 1. The van der Waals surface area contributed by atoms with Gasteiger partial charge in [-0.2, -0.15) is 0 Å². The lowest BCUT2D eigenvalue weighted by Crippen LogP contribution is -2.15. The molecule has 5 heteroatoms. The number of carbonyl (C=O) groups excluding carboxylic acids is 1. The zero-order valence-electron chi connectivity index (χ0n) is 9.57. The number of anilines is 1. The molecule has 1 amide bonds. The van der Waals surface area contributed by atoms with Gasteiger partial charge >= 0.3 is 0 Å². The van der Waals surface area contributed by atoms with Gasteiger partial charge in [-0.15, -0.1) is 0 Å². The average Bonchev–Trinajstić information content (AvgIpc) is 2.58. The van der Waals surface area contributed by atoms with Crippen molar-refractivity contribution in [2.75, 3.05) is 5.32 Å². The number of amides is 1. The summed E-state index contributed by atoms with van der Waals surface area (Å²) in [4.78, 5) is 16.1. The predicted molar refractivity (Wildman–Crippen MR) is 70.0 cm³/mol. The van der Waals surface area contributed by atoms with Gasteiger partial charge < -0.3 is 9.88 Å². The third-order valence-electron chi connectivity index (χ3n) is 2.36. The molecule has 0 fully saturated rings. The van der Waals surface area contributed by atoms with E-state index >= 15 is 0 Å². The number of pyridine rings is 1. The number of nitrogens with zero attached hydrogens (tertiary/aromatic N) is 2.